The summed E-state index contributed by atoms with van der Waals surface area (Å²) in [6.07, 6.45) is 1.75. The molecule has 21 heavy (non-hydrogen) atoms. The number of piperidine rings is 1. The lowest BCUT2D eigenvalue weighted by molar-refractivity contribution is 0.267. The molecule has 5 nitrogen and oxygen atoms in total. The van der Waals surface area contributed by atoms with Crippen molar-refractivity contribution in [2.75, 3.05) is 19.6 Å². The highest BCUT2D eigenvalue weighted by atomic mass is 32.2. The minimum atomic E-state index is -3.63. The van der Waals surface area contributed by atoms with Crippen molar-refractivity contribution in [3.63, 3.8) is 0 Å². The van der Waals surface area contributed by atoms with Crippen molar-refractivity contribution in [3.8, 4) is 0 Å². The minimum Gasteiger partial charge on any atom is -0.330 e. The van der Waals surface area contributed by atoms with E-state index in [0.29, 0.717) is 25.2 Å². The highest BCUT2D eigenvalue weighted by Gasteiger charge is 2.29. The average Bonchev–Trinajstić information content (AvgIpc) is 2.47. The maximum absolute atomic E-state index is 13.7. The number of nitrogens with one attached hydrogen (secondary N) is 1. The molecule has 2 unspecified atom stereocenters. The van der Waals surface area contributed by atoms with Crippen LogP contribution in [0.5, 0.6) is 0 Å². The second kappa shape index (κ2) is 6.83. The van der Waals surface area contributed by atoms with Gasteiger partial charge in [0.25, 0.3) is 10.2 Å². The van der Waals surface area contributed by atoms with E-state index in [9.17, 15) is 12.8 Å². The summed E-state index contributed by atoms with van der Waals surface area (Å²) in [6, 6.07) is 5.56. The standard InChI is InChI=1S/C14H22FN3O2S/c1-11(13-6-2-3-7-14(13)15)17-21(19,20)18-8-4-5-12(9-16)10-18/h2-3,6-7,11-12,17H,4-5,8-10,16H2,1H3. The van der Waals surface area contributed by atoms with E-state index in [1.165, 1.54) is 10.4 Å². The fraction of sp³-hybridized carbons (Fsp3) is 0.571. The summed E-state index contributed by atoms with van der Waals surface area (Å²) in [4.78, 5) is 0. The van der Waals surface area contributed by atoms with Crippen LogP contribution in [0, 0.1) is 11.7 Å². The van der Waals surface area contributed by atoms with Crippen LogP contribution in [-0.2, 0) is 10.2 Å². The second-order valence-corrected chi connectivity index (χ2v) is 7.17. The number of hydrogen-bond donors (Lipinski definition) is 2. The molecule has 1 aromatic carbocycles. The Bertz CT molecular complexity index is 579. The zero-order chi connectivity index (χ0) is 15.5. The van der Waals surface area contributed by atoms with E-state index in [0.717, 1.165) is 12.8 Å². The first-order valence-corrected chi connectivity index (χ1v) is 8.60. The van der Waals surface area contributed by atoms with Gasteiger partial charge in [0.1, 0.15) is 5.82 Å². The number of nitrogens with zero attached hydrogens (tertiary/aromatic N) is 1. The van der Waals surface area contributed by atoms with Gasteiger partial charge in [0, 0.05) is 24.7 Å². The van der Waals surface area contributed by atoms with Crippen LogP contribution < -0.4 is 10.5 Å². The number of benzene rings is 1. The van der Waals surface area contributed by atoms with Gasteiger partial charge in [-0.3, -0.25) is 0 Å². The van der Waals surface area contributed by atoms with Gasteiger partial charge in [-0.15, -0.1) is 0 Å². The van der Waals surface area contributed by atoms with Crippen LogP contribution in [0.2, 0.25) is 0 Å². The number of nitrogens with two attached hydrogens (primary N) is 1. The highest BCUT2D eigenvalue weighted by molar-refractivity contribution is 7.87. The van der Waals surface area contributed by atoms with E-state index in [4.69, 9.17) is 5.73 Å². The van der Waals surface area contributed by atoms with Crippen molar-refractivity contribution >= 4 is 10.2 Å². The lowest BCUT2D eigenvalue weighted by atomic mass is 10.0. The Kier molecular flexibility index (Phi) is 5.32. The molecular formula is C14H22FN3O2S. The molecule has 0 amide bonds. The molecule has 118 valence electrons. The van der Waals surface area contributed by atoms with Gasteiger partial charge in [-0.25, -0.2) is 4.39 Å². The van der Waals surface area contributed by atoms with Crippen LogP contribution in [0.4, 0.5) is 4.39 Å². The Hall–Kier alpha value is -1.02. The highest BCUT2D eigenvalue weighted by Crippen LogP contribution is 2.21. The lowest BCUT2D eigenvalue weighted by Gasteiger charge is -2.32. The predicted molar refractivity (Wildman–Crippen MR) is 80.2 cm³/mol. The smallest absolute Gasteiger partial charge is 0.280 e. The van der Waals surface area contributed by atoms with Crippen LogP contribution in [0.3, 0.4) is 0 Å². The van der Waals surface area contributed by atoms with E-state index in [-0.39, 0.29) is 5.92 Å². The topological polar surface area (TPSA) is 75.4 Å². The van der Waals surface area contributed by atoms with Crippen LogP contribution in [0.1, 0.15) is 31.4 Å². The molecule has 0 bridgehead atoms. The first kappa shape index (κ1) is 16.4. The SMILES string of the molecule is CC(NS(=O)(=O)N1CCCC(CN)C1)c1ccccc1F. The zero-order valence-electron chi connectivity index (χ0n) is 12.1. The van der Waals surface area contributed by atoms with E-state index in [2.05, 4.69) is 4.72 Å². The molecule has 1 fully saturated rings. The van der Waals surface area contributed by atoms with Crippen molar-refractivity contribution in [1.82, 2.24) is 9.03 Å². The largest absolute Gasteiger partial charge is 0.330 e. The summed E-state index contributed by atoms with van der Waals surface area (Å²) >= 11 is 0. The fourth-order valence-electron chi connectivity index (χ4n) is 2.63. The van der Waals surface area contributed by atoms with E-state index >= 15 is 0 Å². The summed E-state index contributed by atoms with van der Waals surface area (Å²) in [7, 11) is -3.63. The van der Waals surface area contributed by atoms with E-state index < -0.39 is 22.1 Å². The molecule has 2 rings (SSSR count). The van der Waals surface area contributed by atoms with Gasteiger partial charge in [-0.1, -0.05) is 18.2 Å². The van der Waals surface area contributed by atoms with Crippen molar-refractivity contribution in [1.29, 1.82) is 0 Å². The average molecular weight is 315 g/mol. The molecule has 3 N–H and O–H groups in total. The van der Waals surface area contributed by atoms with Crippen molar-refractivity contribution in [3.05, 3.63) is 35.6 Å². The molecule has 0 aromatic heterocycles. The summed E-state index contributed by atoms with van der Waals surface area (Å²) in [6.45, 7) is 3.03. The summed E-state index contributed by atoms with van der Waals surface area (Å²) in [5.74, 6) is -0.217. The Labute approximate surface area is 125 Å². The van der Waals surface area contributed by atoms with Gasteiger partial charge in [-0.05, 0) is 38.3 Å². The maximum Gasteiger partial charge on any atom is 0.280 e. The lowest BCUT2D eigenvalue weighted by Crippen LogP contribution is -2.47. The predicted octanol–water partition coefficient (Wildman–Crippen LogP) is 1.39. The van der Waals surface area contributed by atoms with Crippen LogP contribution in [0.15, 0.2) is 24.3 Å². The van der Waals surface area contributed by atoms with Crippen molar-refractivity contribution in [2.24, 2.45) is 11.7 Å². The molecule has 1 heterocycles. The van der Waals surface area contributed by atoms with E-state index in [1.54, 1.807) is 25.1 Å². The Morgan fingerprint density at radius 3 is 2.86 bits per heavy atom. The Balaban J connectivity index is 2.08. The van der Waals surface area contributed by atoms with E-state index in [1.807, 2.05) is 0 Å². The second-order valence-electron chi connectivity index (χ2n) is 5.47. The number of halogens is 1. The van der Waals surface area contributed by atoms with Gasteiger partial charge >= 0.3 is 0 Å². The number of rotatable bonds is 5. The maximum atomic E-state index is 13.7. The van der Waals surface area contributed by atoms with Crippen molar-refractivity contribution in [2.45, 2.75) is 25.8 Å². The third kappa shape index (κ3) is 4.00. The quantitative estimate of drug-likeness (QED) is 0.862. The van der Waals surface area contributed by atoms with Gasteiger partial charge in [0.2, 0.25) is 0 Å². The van der Waals surface area contributed by atoms with Gasteiger partial charge < -0.3 is 5.73 Å². The summed E-state index contributed by atoms with van der Waals surface area (Å²) in [5.41, 5.74) is 5.97. The van der Waals surface area contributed by atoms with Crippen LogP contribution >= 0.6 is 0 Å². The molecule has 0 saturated carbocycles. The molecule has 0 radical (unpaired) electrons. The third-order valence-corrected chi connectivity index (χ3v) is 5.52. The summed E-state index contributed by atoms with van der Waals surface area (Å²) in [5, 5.41) is 0. The molecule has 7 heteroatoms. The Morgan fingerprint density at radius 2 is 2.19 bits per heavy atom. The molecule has 1 aromatic rings. The monoisotopic (exact) mass is 315 g/mol. The molecule has 2 atom stereocenters. The summed E-state index contributed by atoms with van der Waals surface area (Å²) < 4.78 is 42.4. The zero-order valence-corrected chi connectivity index (χ0v) is 12.9. The van der Waals surface area contributed by atoms with Crippen LogP contribution in [-0.4, -0.2) is 32.4 Å². The molecule has 1 saturated heterocycles. The molecule has 0 aliphatic carbocycles. The normalized spacial score (nSPS) is 22.1. The Morgan fingerprint density at radius 1 is 1.48 bits per heavy atom. The van der Waals surface area contributed by atoms with Gasteiger partial charge in [-0.2, -0.15) is 17.4 Å². The molecular weight excluding hydrogens is 293 g/mol. The fourth-order valence-corrected chi connectivity index (χ4v) is 4.12. The first-order chi connectivity index (χ1) is 9.94. The molecule has 0 spiro atoms. The molecule has 1 aliphatic rings. The van der Waals surface area contributed by atoms with Gasteiger partial charge in [0.15, 0.2) is 0 Å². The third-order valence-electron chi connectivity index (χ3n) is 3.85. The molecule has 1 aliphatic heterocycles. The van der Waals surface area contributed by atoms with Gasteiger partial charge in [0.05, 0.1) is 0 Å². The first-order valence-electron chi connectivity index (χ1n) is 7.16. The van der Waals surface area contributed by atoms with Crippen LogP contribution in [0.25, 0.3) is 0 Å². The number of hydrogen-bond acceptors (Lipinski definition) is 3. The minimum absolute atomic E-state index is 0.194. The van der Waals surface area contributed by atoms with Crippen molar-refractivity contribution < 1.29 is 12.8 Å².